The molecule has 0 amide bonds. The molecule has 1 aliphatic heterocycles. The number of hydrogen-bond donors (Lipinski definition) is 1. The fourth-order valence-electron chi connectivity index (χ4n) is 3.48. The molecule has 1 fully saturated rings. The highest BCUT2D eigenvalue weighted by atomic mass is 32.2. The number of imidazole rings is 1. The van der Waals surface area contributed by atoms with Crippen LogP contribution in [-0.2, 0) is 10.0 Å². The van der Waals surface area contributed by atoms with Gasteiger partial charge in [-0.25, -0.2) is 23.4 Å². The smallest absolute Gasteiger partial charge is 0.295 e. The lowest BCUT2D eigenvalue weighted by atomic mass is 10.0. The van der Waals surface area contributed by atoms with Crippen LogP contribution in [0.4, 0.5) is 0 Å². The van der Waals surface area contributed by atoms with Crippen molar-refractivity contribution in [2.24, 2.45) is 0 Å². The molecular formula is C18H17N7O3S. The molecular weight excluding hydrogens is 394 g/mol. The minimum absolute atomic E-state index is 0.0827. The number of nitrogens with one attached hydrogen (secondary N) is 1. The molecule has 4 heterocycles. The van der Waals surface area contributed by atoms with Crippen molar-refractivity contribution in [2.75, 3.05) is 6.54 Å². The summed E-state index contributed by atoms with van der Waals surface area (Å²) in [5.74, 6) is 0.757. The minimum Gasteiger partial charge on any atom is -0.330 e. The largest absolute Gasteiger partial charge is 0.330 e. The van der Waals surface area contributed by atoms with E-state index >= 15 is 0 Å². The quantitative estimate of drug-likeness (QED) is 0.541. The van der Waals surface area contributed by atoms with Crippen LogP contribution in [0.5, 0.6) is 0 Å². The maximum Gasteiger partial charge on any atom is 0.295 e. The van der Waals surface area contributed by atoms with E-state index in [-0.39, 0.29) is 11.0 Å². The zero-order valence-corrected chi connectivity index (χ0v) is 16.1. The third-order valence-corrected chi connectivity index (χ3v) is 6.61. The van der Waals surface area contributed by atoms with E-state index in [4.69, 9.17) is 4.52 Å². The van der Waals surface area contributed by atoms with E-state index in [1.807, 2.05) is 12.1 Å². The maximum atomic E-state index is 13.3. The molecule has 11 heteroatoms. The van der Waals surface area contributed by atoms with E-state index in [1.54, 1.807) is 30.6 Å². The molecule has 148 valence electrons. The Bertz CT molecular complexity index is 1220. The molecule has 0 aliphatic carbocycles. The zero-order chi connectivity index (χ0) is 19.8. The predicted octanol–water partition coefficient (Wildman–Crippen LogP) is 2.32. The molecule has 3 aromatic heterocycles. The SMILES string of the molecule is O=S(=O)(c1nc2ccccc2[nH]1)N1CCCCC1c1noc(-c2ncccn2)n1. The van der Waals surface area contributed by atoms with Gasteiger partial charge in [0.2, 0.25) is 11.0 Å². The van der Waals surface area contributed by atoms with Gasteiger partial charge < -0.3 is 9.51 Å². The summed E-state index contributed by atoms with van der Waals surface area (Å²) in [6, 6.07) is 8.35. The van der Waals surface area contributed by atoms with Gasteiger partial charge in [0.15, 0.2) is 5.82 Å². The van der Waals surface area contributed by atoms with Crippen LogP contribution in [0.25, 0.3) is 22.7 Å². The second kappa shape index (κ2) is 7.01. The fourth-order valence-corrected chi connectivity index (χ4v) is 5.06. The number of rotatable bonds is 4. The molecule has 5 rings (SSSR count). The first kappa shape index (κ1) is 17.9. The van der Waals surface area contributed by atoms with Gasteiger partial charge in [0.25, 0.3) is 15.9 Å². The Morgan fingerprint density at radius 2 is 1.90 bits per heavy atom. The van der Waals surface area contributed by atoms with Gasteiger partial charge in [0.1, 0.15) is 0 Å². The number of benzene rings is 1. The lowest BCUT2D eigenvalue weighted by molar-refractivity contribution is 0.239. The summed E-state index contributed by atoms with van der Waals surface area (Å²) >= 11 is 0. The Morgan fingerprint density at radius 3 is 2.72 bits per heavy atom. The first-order valence-electron chi connectivity index (χ1n) is 9.20. The molecule has 0 spiro atoms. The van der Waals surface area contributed by atoms with E-state index in [0.29, 0.717) is 35.6 Å². The molecule has 1 aromatic carbocycles. The van der Waals surface area contributed by atoms with E-state index < -0.39 is 16.1 Å². The normalized spacial score (nSPS) is 18.3. The number of piperidine rings is 1. The number of aromatic nitrogens is 6. The Kier molecular flexibility index (Phi) is 4.32. The summed E-state index contributed by atoms with van der Waals surface area (Å²) in [5, 5.41) is 3.93. The molecule has 0 radical (unpaired) electrons. The van der Waals surface area contributed by atoms with Crippen LogP contribution in [-0.4, -0.2) is 49.3 Å². The molecule has 0 bridgehead atoms. The molecule has 1 saturated heterocycles. The maximum absolute atomic E-state index is 13.3. The Morgan fingerprint density at radius 1 is 1.07 bits per heavy atom. The van der Waals surface area contributed by atoms with Gasteiger partial charge in [-0.1, -0.05) is 23.7 Å². The van der Waals surface area contributed by atoms with Gasteiger partial charge in [-0.05, 0) is 31.0 Å². The van der Waals surface area contributed by atoms with Crippen LogP contribution in [0, 0.1) is 0 Å². The number of sulfonamides is 1. The highest BCUT2D eigenvalue weighted by Gasteiger charge is 2.38. The Labute approximate surface area is 166 Å². The van der Waals surface area contributed by atoms with Crippen molar-refractivity contribution >= 4 is 21.1 Å². The predicted molar refractivity (Wildman–Crippen MR) is 102 cm³/mol. The summed E-state index contributed by atoms with van der Waals surface area (Å²) in [7, 11) is -3.86. The van der Waals surface area contributed by atoms with Gasteiger partial charge in [0, 0.05) is 18.9 Å². The van der Waals surface area contributed by atoms with Crippen LogP contribution >= 0.6 is 0 Å². The Balaban J connectivity index is 1.51. The number of para-hydroxylation sites is 2. The summed E-state index contributed by atoms with van der Waals surface area (Å²) in [6.07, 6.45) is 5.36. The molecule has 1 atom stereocenters. The lowest BCUT2D eigenvalue weighted by Crippen LogP contribution is -2.39. The van der Waals surface area contributed by atoms with Crippen molar-refractivity contribution < 1.29 is 12.9 Å². The summed E-state index contributed by atoms with van der Waals surface area (Å²) in [5.41, 5.74) is 1.27. The number of H-pyrrole nitrogens is 1. The average molecular weight is 411 g/mol. The highest BCUT2D eigenvalue weighted by molar-refractivity contribution is 7.89. The van der Waals surface area contributed by atoms with Crippen molar-refractivity contribution in [2.45, 2.75) is 30.5 Å². The standard InChI is InChI=1S/C18H17N7O3S/c26-29(27,18-21-12-6-1-2-7-13(12)22-18)25-11-4-3-8-14(25)15-23-17(28-24-15)16-19-9-5-10-20-16/h1-2,5-7,9-10,14H,3-4,8,11H2,(H,21,22). The number of fused-ring (bicyclic) bond motifs is 1. The molecule has 29 heavy (non-hydrogen) atoms. The van der Waals surface area contributed by atoms with Crippen molar-refractivity contribution in [1.29, 1.82) is 0 Å². The summed E-state index contributed by atoms with van der Waals surface area (Å²) < 4.78 is 33.4. The van der Waals surface area contributed by atoms with Gasteiger partial charge in [0.05, 0.1) is 17.1 Å². The van der Waals surface area contributed by atoms with Crippen molar-refractivity contribution in [1.82, 2.24) is 34.4 Å². The summed E-state index contributed by atoms with van der Waals surface area (Å²) in [6.45, 7) is 0.357. The number of nitrogens with zero attached hydrogens (tertiary/aromatic N) is 6. The van der Waals surface area contributed by atoms with Gasteiger partial charge in [-0.2, -0.15) is 9.29 Å². The van der Waals surface area contributed by atoms with Gasteiger partial charge in [-0.15, -0.1) is 0 Å². The number of hydrogen-bond acceptors (Lipinski definition) is 8. The molecule has 10 nitrogen and oxygen atoms in total. The van der Waals surface area contributed by atoms with Crippen LogP contribution in [0.2, 0.25) is 0 Å². The minimum atomic E-state index is -3.86. The van der Waals surface area contributed by atoms with E-state index in [0.717, 1.165) is 12.8 Å². The van der Waals surface area contributed by atoms with Gasteiger partial charge in [-0.3, -0.25) is 0 Å². The summed E-state index contributed by atoms with van der Waals surface area (Å²) in [4.78, 5) is 19.7. The van der Waals surface area contributed by atoms with Crippen LogP contribution < -0.4 is 0 Å². The molecule has 0 saturated carbocycles. The topological polar surface area (TPSA) is 131 Å². The molecule has 4 aromatic rings. The fraction of sp³-hybridized carbons (Fsp3) is 0.278. The second-order valence-electron chi connectivity index (χ2n) is 6.72. The van der Waals surface area contributed by atoms with Crippen molar-refractivity contribution in [3.05, 3.63) is 48.5 Å². The number of aromatic amines is 1. The second-order valence-corrected chi connectivity index (χ2v) is 8.52. The molecule has 1 aliphatic rings. The van der Waals surface area contributed by atoms with E-state index in [9.17, 15) is 8.42 Å². The van der Waals surface area contributed by atoms with Crippen LogP contribution in [0.3, 0.4) is 0 Å². The average Bonchev–Trinajstić information content (AvgIpc) is 3.42. The Hall–Kier alpha value is -3.18. The van der Waals surface area contributed by atoms with Crippen molar-refractivity contribution in [3.8, 4) is 11.7 Å². The third kappa shape index (κ3) is 3.17. The van der Waals surface area contributed by atoms with E-state index in [2.05, 4.69) is 30.1 Å². The van der Waals surface area contributed by atoms with Crippen molar-refractivity contribution in [3.63, 3.8) is 0 Å². The lowest BCUT2D eigenvalue weighted by Gasteiger charge is -2.31. The third-order valence-electron chi connectivity index (χ3n) is 4.87. The zero-order valence-electron chi connectivity index (χ0n) is 15.3. The molecule has 1 unspecified atom stereocenters. The highest BCUT2D eigenvalue weighted by Crippen LogP contribution is 2.34. The molecule has 1 N–H and O–H groups in total. The van der Waals surface area contributed by atoms with E-state index in [1.165, 1.54) is 4.31 Å². The monoisotopic (exact) mass is 411 g/mol. The first-order valence-corrected chi connectivity index (χ1v) is 10.6. The van der Waals surface area contributed by atoms with Gasteiger partial charge >= 0.3 is 0 Å². The van der Waals surface area contributed by atoms with Crippen LogP contribution in [0.15, 0.2) is 52.4 Å². The first-order chi connectivity index (χ1) is 14.1. The van der Waals surface area contributed by atoms with Crippen LogP contribution in [0.1, 0.15) is 31.1 Å².